The van der Waals surface area contributed by atoms with Gasteiger partial charge in [0.25, 0.3) is 5.91 Å². The average Bonchev–Trinajstić information content (AvgIpc) is 3.48. The topological polar surface area (TPSA) is 59.8 Å². The number of amides is 1. The fraction of sp³-hybridized carbons (Fsp3) is 0.333. The Hall–Kier alpha value is -2.84. The first-order chi connectivity index (χ1) is 14.2. The Balaban J connectivity index is 1.21. The summed E-state index contributed by atoms with van der Waals surface area (Å²) in [6.45, 7) is 4.24. The second kappa shape index (κ2) is 7.53. The number of thiophene rings is 1. The molecule has 0 atom stereocenters. The molecule has 4 heterocycles. The zero-order valence-corrected chi connectivity index (χ0v) is 17.0. The zero-order valence-electron chi connectivity index (χ0n) is 16.2. The van der Waals surface area contributed by atoms with Crippen molar-refractivity contribution in [3.05, 3.63) is 53.0 Å². The molecule has 2 aliphatic heterocycles. The van der Waals surface area contributed by atoms with Gasteiger partial charge in [0.15, 0.2) is 11.5 Å². The van der Waals surface area contributed by atoms with Crippen LogP contribution in [-0.2, 0) is 13.6 Å². The quantitative estimate of drug-likeness (QED) is 0.662. The highest BCUT2D eigenvalue weighted by Gasteiger charge is 2.25. The van der Waals surface area contributed by atoms with Gasteiger partial charge in [-0.2, -0.15) is 5.10 Å². The van der Waals surface area contributed by atoms with Crippen LogP contribution in [0.4, 0.5) is 0 Å². The summed E-state index contributed by atoms with van der Waals surface area (Å²) in [7, 11) is 1.83. The fourth-order valence-electron chi connectivity index (χ4n) is 3.78. The molecule has 3 aromatic rings. The van der Waals surface area contributed by atoms with Crippen molar-refractivity contribution < 1.29 is 14.3 Å². The van der Waals surface area contributed by atoms with Gasteiger partial charge in [0.1, 0.15) is 11.4 Å². The summed E-state index contributed by atoms with van der Waals surface area (Å²) in [5, 5.41) is 6.53. The minimum absolute atomic E-state index is 0.0468. The minimum atomic E-state index is 0.0468. The number of carbonyl (C=O) groups excluding carboxylic acids is 1. The van der Waals surface area contributed by atoms with Gasteiger partial charge in [0, 0.05) is 39.8 Å². The number of carbonyl (C=O) groups is 1. The van der Waals surface area contributed by atoms with Crippen molar-refractivity contribution in [3.63, 3.8) is 0 Å². The van der Waals surface area contributed by atoms with Gasteiger partial charge in [-0.3, -0.25) is 14.4 Å². The average molecular weight is 410 g/mol. The van der Waals surface area contributed by atoms with Crippen molar-refractivity contribution in [3.8, 4) is 22.1 Å². The molecule has 1 aromatic carbocycles. The molecule has 150 valence electrons. The van der Waals surface area contributed by atoms with E-state index in [0.29, 0.717) is 25.6 Å². The van der Waals surface area contributed by atoms with Crippen molar-refractivity contribution in [2.24, 2.45) is 7.05 Å². The lowest BCUT2D eigenvalue weighted by molar-refractivity contribution is 0.0617. The molecule has 0 radical (unpaired) electrons. The molecule has 0 N–H and O–H groups in total. The van der Waals surface area contributed by atoms with Crippen LogP contribution in [0.3, 0.4) is 0 Å². The number of benzene rings is 1. The van der Waals surface area contributed by atoms with Gasteiger partial charge in [0.2, 0.25) is 6.79 Å². The molecule has 29 heavy (non-hydrogen) atoms. The van der Waals surface area contributed by atoms with Crippen LogP contribution in [0.1, 0.15) is 16.1 Å². The standard InChI is InChI=1S/C21H22N4O3S/c1-23-17(12-16(22-23)20-3-2-10-29-20)21(26)25-8-6-24(7-9-25)13-15-4-5-18-19(11-15)28-14-27-18/h2-5,10-12H,6-9,13-14H2,1H3. The van der Waals surface area contributed by atoms with Crippen molar-refractivity contribution >= 4 is 17.2 Å². The number of nitrogens with zero attached hydrogens (tertiary/aromatic N) is 4. The van der Waals surface area contributed by atoms with E-state index in [4.69, 9.17) is 9.47 Å². The molecule has 8 heteroatoms. The molecule has 0 aliphatic carbocycles. The number of hydrogen-bond donors (Lipinski definition) is 0. The molecular weight excluding hydrogens is 388 g/mol. The zero-order chi connectivity index (χ0) is 19.8. The van der Waals surface area contributed by atoms with Crippen LogP contribution in [0.25, 0.3) is 10.6 Å². The van der Waals surface area contributed by atoms with Crippen LogP contribution in [0.5, 0.6) is 11.5 Å². The predicted molar refractivity (Wildman–Crippen MR) is 110 cm³/mol. The normalized spacial score (nSPS) is 16.4. The minimum Gasteiger partial charge on any atom is -0.454 e. The molecule has 2 aromatic heterocycles. The van der Waals surface area contributed by atoms with Crippen molar-refractivity contribution in [2.45, 2.75) is 6.54 Å². The Kier molecular flexibility index (Phi) is 4.73. The molecule has 0 spiro atoms. The number of aryl methyl sites for hydroxylation is 1. The fourth-order valence-corrected chi connectivity index (χ4v) is 4.46. The Morgan fingerprint density at radius 2 is 1.93 bits per heavy atom. The lowest BCUT2D eigenvalue weighted by Crippen LogP contribution is -2.48. The number of fused-ring (bicyclic) bond motifs is 1. The van der Waals surface area contributed by atoms with Crippen molar-refractivity contribution in [2.75, 3.05) is 33.0 Å². The Morgan fingerprint density at radius 3 is 2.72 bits per heavy atom. The summed E-state index contributed by atoms with van der Waals surface area (Å²) >= 11 is 1.63. The number of aromatic nitrogens is 2. The first-order valence-corrected chi connectivity index (χ1v) is 10.5. The largest absolute Gasteiger partial charge is 0.454 e. The van der Waals surface area contributed by atoms with E-state index in [1.807, 2.05) is 47.7 Å². The van der Waals surface area contributed by atoms with Crippen LogP contribution >= 0.6 is 11.3 Å². The molecule has 5 rings (SSSR count). The van der Waals surface area contributed by atoms with Crippen LogP contribution in [0, 0.1) is 0 Å². The van der Waals surface area contributed by atoms with E-state index >= 15 is 0 Å². The summed E-state index contributed by atoms with van der Waals surface area (Å²) in [5.41, 5.74) is 2.69. The molecule has 2 aliphatic rings. The second-order valence-corrected chi connectivity index (χ2v) is 8.22. The van der Waals surface area contributed by atoms with E-state index in [1.165, 1.54) is 5.56 Å². The molecule has 7 nitrogen and oxygen atoms in total. The van der Waals surface area contributed by atoms with Crippen molar-refractivity contribution in [1.29, 1.82) is 0 Å². The first-order valence-electron chi connectivity index (χ1n) is 9.65. The van der Waals surface area contributed by atoms with Gasteiger partial charge in [-0.25, -0.2) is 0 Å². The van der Waals surface area contributed by atoms with Crippen LogP contribution in [0.15, 0.2) is 41.8 Å². The van der Waals surface area contributed by atoms with Gasteiger partial charge in [-0.05, 0) is 35.2 Å². The van der Waals surface area contributed by atoms with Crippen LogP contribution in [-0.4, -0.2) is 58.5 Å². The summed E-state index contributed by atoms with van der Waals surface area (Å²) in [4.78, 5) is 18.4. The predicted octanol–water partition coefficient (Wildman–Crippen LogP) is 2.84. The third-order valence-corrected chi connectivity index (χ3v) is 6.27. The second-order valence-electron chi connectivity index (χ2n) is 7.27. The summed E-state index contributed by atoms with van der Waals surface area (Å²) < 4.78 is 12.5. The van der Waals surface area contributed by atoms with Gasteiger partial charge in [-0.1, -0.05) is 12.1 Å². The number of hydrogen-bond acceptors (Lipinski definition) is 6. The molecular formula is C21H22N4O3S. The molecule has 0 bridgehead atoms. The van der Waals surface area contributed by atoms with E-state index in [9.17, 15) is 4.79 Å². The lowest BCUT2D eigenvalue weighted by atomic mass is 10.1. The third kappa shape index (κ3) is 3.61. The number of ether oxygens (including phenoxy) is 2. The van der Waals surface area contributed by atoms with Gasteiger partial charge in [0.05, 0.1) is 4.88 Å². The monoisotopic (exact) mass is 410 g/mol. The van der Waals surface area contributed by atoms with E-state index in [1.54, 1.807) is 16.0 Å². The maximum absolute atomic E-state index is 13.0. The molecule has 1 amide bonds. The van der Waals surface area contributed by atoms with Crippen LogP contribution in [0.2, 0.25) is 0 Å². The molecule has 0 unspecified atom stereocenters. The molecule has 1 saturated heterocycles. The molecule has 1 fully saturated rings. The number of piperazine rings is 1. The van der Waals surface area contributed by atoms with E-state index in [0.717, 1.165) is 41.7 Å². The van der Waals surface area contributed by atoms with Gasteiger partial charge in [-0.15, -0.1) is 11.3 Å². The number of rotatable bonds is 4. The van der Waals surface area contributed by atoms with Gasteiger partial charge < -0.3 is 14.4 Å². The van der Waals surface area contributed by atoms with E-state index < -0.39 is 0 Å². The Morgan fingerprint density at radius 1 is 1.10 bits per heavy atom. The highest BCUT2D eigenvalue weighted by molar-refractivity contribution is 7.13. The van der Waals surface area contributed by atoms with Crippen LogP contribution < -0.4 is 9.47 Å². The maximum atomic E-state index is 13.0. The third-order valence-electron chi connectivity index (χ3n) is 5.38. The lowest BCUT2D eigenvalue weighted by Gasteiger charge is -2.34. The summed E-state index contributed by atoms with van der Waals surface area (Å²) in [6, 6.07) is 12.0. The van der Waals surface area contributed by atoms with Gasteiger partial charge >= 0.3 is 0 Å². The molecule has 0 saturated carbocycles. The summed E-state index contributed by atoms with van der Waals surface area (Å²) in [6.07, 6.45) is 0. The smallest absolute Gasteiger partial charge is 0.272 e. The van der Waals surface area contributed by atoms with Crippen molar-refractivity contribution in [1.82, 2.24) is 19.6 Å². The summed E-state index contributed by atoms with van der Waals surface area (Å²) in [5.74, 6) is 1.67. The SMILES string of the molecule is Cn1nc(-c2cccs2)cc1C(=O)N1CCN(Cc2ccc3c(c2)OCO3)CC1. The Labute approximate surface area is 173 Å². The van der Waals surface area contributed by atoms with E-state index in [2.05, 4.69) is 16.1 Å². The highest BCUT2D eigenvalue weighted by atomic mass is 32.1. The van der Waals surface area contributed by atoms with E-state index in [-0.39, 0.29) is 5.91 Å². The highest BCUT2D eigenvalue weighted by Crippen LogP contribution is 2.33. The Bertz CT molecular complexity index is 1020. The first kappa shape index (κ1) is 18.2. The maximum Gasteiger partial charge on any atom is 0.272 e.